The van der Waals surface area contributed by atoms with Crippen molar-refractivity contribution in [2.45, 2.75) is 6.42 Å². The highest BCUT2D eigenvalue weighted by molar-refractivity contribution is 7.89. The fourth-order valence-corrected chi connectivity index (χ4v) is 1.59. The van der Waals surface area contributed by atoms with Gasteiger partial charge in [-0.25, -0.2) is 13.6 Å². The first-order valence-electron chi connectivity index (χ1n) is 4.47. The number of primary sulfonamides is 1. The van der Waals surface area contributed by atoms with E-state index in [1.165, 1.54) is 6.20 Å². The summed E-state index contributed by atoms with van der Waals surface area (Å²) in [6, 6.07) is 0. The number of H-pyrrole nitrogens is 1. The van der Waals surface area contributed by atoms with Gasteiger partial charge < -0.3 is 11.1 Å². The smallest absolute Gasteiger partial charge is 0.271 e. The zero-order chi connectivity index (χ0) is 12.2. The van der Waals surface area contributed by atoms with Crippen molar-refractivity contribution in [1.29, 1.82) is 0 Å². The minimum absolute atomic E-state index is 0.163. The zero-order valence-electron chi connectivity index (χ0n) is 8.43. The predicted molar refractivity (Wildman–Crippen MR) is 57.9 cm³/mol. The van der Waals surface area contributed by atoms with Crippen LogP contribution in [-0.2, 0) is 10.0 Å². The Kier molecular flexibility index (Phi) is 3.85. The molecule has 1 aromatic rings. The van der Waals surface area contributed by atoms with Crippen molar-refractivity contribution in [3.63, 3.8) is 0 Å². The van der Waals surface area contributed by atoms with Crippen LogP contribution in [0.25, 0.3) is 0 Å². The Labute approximate surface area is 92.4 Å². The molecule has 0 aliphatic rings. The summed E-state index contributed by atoms with van der Waals surface area (Å²) in [6.45, 7) is 0.202. The Morgan fingerprint density at radius 2 is 2.25 bits per heavy atom. The minimum Gasteiger partial charge on any atom is -0.396 e. The highest BCUT2D eigenvalue weighted by Gasteiger charge is 2.11. The lowest BCUT2D eigenvalue weighted by molar-refractivity contribution is 0.0949. The van der Waals surface area contributed by atoms with Crippen LogP contribution >= 0.6 is 0 Å². The number of nitrogens with one attached hydrogen (secondary N) is 2. The molecule has 16 heavy (non-hydrogen) atoms. The van der Waals surface area contributed by atoms with Crippen LogP contribution in [0.4, 0.5) is 5.69 Å². The molecule has 0 aromatic carbocycles. The normalized spacial score (nSPS) is 11.3. The van der Waals surface area contributed by atoms with Crippen molar-refractivity contribution in [3.05, 3.63) is 11.9 Å². The lowest BCUT2D eigenvalue weighted by Crippen LogP contribution is -2.28. The fourth-order valence-electron chi connectivity index (χ4n) is 1.04. The summed E-state index contributed by atoms with van der Waals surface area (Å²) >= 11 is 0. The van der Waals surface area contributed by atoms with E-state index in [1.807, 2.05) is 0 Å². The minimum atomic E-state index is -3.48. The molecule has 1 amide bonds. The zero-order valence-corrected chi connectivity index (χ0v) is 9.25. The predicted octanol–water partition coefficient (Wildman–Crippen LogP) is -1.60. The first-order chi connectivity index (χ1) is 7.40. The maximum atomic E-state index is 11.4. The lowest BCUT2D eigenvalue weighted by atomic mass is 10.3. The molecule has 0 spiro atoms. The van der Waals surface area contributed by atoms with Crippen LogP contribution in [0.3, 0.4) is 0 Å². The molecule has 0 saturated heterocycles. The average Bonchev–Trinajstić information content (AvgIpc) is 2.57. The summed E-state index contributed by atoms with van der Waals surface area (Å²) in [6.07, 6.45) is 1.57. The third kappa shape index (κ3) is 3.87. The molecule has 9 heteroatoms. The Morgan fingerprint density at radius 3 is 2.75 bits per heavy atom. The monoisotopic (exact) mass is 247 g/mol. The summed E-state index contributed by atoms with van der Waals surface area (Å²) < 4.78 is 21.2. The first-order valence-corrected chi connectivity index (χ1v) is 6.19. The Hall–Kier alpha value is -1.61. The van der Waals surface area contributed by atoms with Gasteiger partial charge in [-0.1, -0.05) is 0 Å². The Morgan fingerprint density at radius 1 is 1.56 bits per heavy atom. The van der Waals surface area contributed by atoms with Crippen molar-refractivity contribution in [1.82, 2.24) is 15.5 Å². The lowest BCUT2D eigenvalue weighted by Gasteiger charge is -2.03. The van der Waals surface area contributed by atoms with Gasteiger partial charge in [0.05, 0.1) is 17.6 Å². The maximum absolute atomic E-state index is 11.4. The molecule has 0 radical (unpaired) electrons. The van der Waals surface area contributed by atoms with Crippen LogP contribution in [0.1, 0.15) is 16.9 Å². The van der Waals surface area contributed by atoms with E-state index in [4.69, 9.17) is 10.9 Å². The summed E-state index contributed by atoms with van der Waals surface area (Å²) in [5.41, 5.74) is 5.85. The van der Waals surface area contributed by atoms with Crippen molar-refractivity contribution < 1.29 is 13.2 Å². The Balaban J connectivity index is 2.35. The molecule has 0 aliphatic heterocycles. The molecular weight excluding hydrogens is 234 g/mol. The van der Waals surface area contributed by atoms with Crippen LogP contribution in [0.2, 0.25) is 0 Å². The van der Waals surface area contributed by atoms with E-state index in [0.29, 0.717) is 0 Å². The molecule has 1 rings (SSSR count). The number of anilines is 1. The Bertz CT molecular complexity index is 466. The van der Waals surface area contributed by atoms with E-state index >= 15 is 0 Å². The number of aromatic amines is 1. The van der Waals surface area contributed by atoms with Gasteiger partial charge in [-0.05, 0) is 6.42 Å². The van der Waals surface area contributed by atoms with Gasteiger partial charge in [0, 0.05) is 6.54 Å². The van der Waals surface area contributed by atoms with Crippen LogP contribution < -0.4 is 16.2 Å². The van der Waals surface area contributed by atoms with Crippen LogP contribution in [0, 0.1) is 0 Å². The topological polar surface area (TPSA) is 144 Å². The number of sulfonamides is 1. The van der Waals surface area contributed by atoms with Gasteiger partial charge in [-0.2, -0.15) is 5.10 Å². The second-order valence-corrected chi connectivity index (χ2v) is 4.91. The molecule has 0 fully saturated rings. The van der Waals surface area contributed by atoms with E-state index in [9.17, 15) is 13.2 Å². The standard InChI is InChI=1S/C7H13N5O3S/c8-5-4-11-12-6(5)7(13)10-2-1-3-16(9,14)15/h4H,1-3,8H2,(H,10,13)(H,11,12)(H2,9,14,15). The SMILES string of the molecule is Nc1cn[nH]c1C(=O)NCCCS(N)(=O)=O. The van der Waals surface area contributed by atoms with Gasteiger partial charge in [0.15, 0.2) is 0 Å². The van der Waals surface area contributed by atoms with E-state index in [0.717, 1.165) is 0 Å². The van der Waals surface area contributed by atoms with Crippen molar-refractivity contribution in [3.8, 4) is 0 Å². The molecule has 90 valence electrons. The number of amides is 1. The molecule has 8 nitrogen and oxygen atoms in total. The van der Waals surface area contributed by atoms with Crippen molar-refractivity contribution >= 4 is 21.6 Å². The highest BCUT2D eigenvalue weighted by atomic mass is 32.2. The van der Waals surface area contributed by atoms with Gasteiger partial charge in [-0.15, -0.1) is 0 Å². The van der Waals surface area contributed by atoms with Gasteiger partial charge in [0.25, 0.3) is 5.91 Å². The largest absolute Gasteiger partial charge is 0.396 e. The van der Waals surface area contributed by atoms with Gasteiger partial charge in [0.1, 0.15) is 5.69 Å². The molecule has 0 bridgehead atoms. The fraction of sp³-hybridized carbons (Fsp3) is 0.429. The quantitative estimate of drug-likeness (QED) is 0.463. The number of hydrogen-bond acceptors (Lipinski definition) is 5. The van der Waals surface area contributed by atoms with Crippen molar-refractivity contribution in [2.75, 3.05) is 18.0 Å². The van der Waals surface area contributed by atoms with Gasteiger partial charge in [-0.3, -0.25) is 9.89 Å². The number of nitrogens with two attached hydrogens (primary N) is 2. The molecule has 0 aliphatic carbocycles. The molecule has 0 saturated carbocycles. The molecular formula is C7H13N5O3S. The molecule has 1 aromatic heterocycles. The van der Waals surface area contributed by atoms with Crippen LogP contribution in [-0.4, -0.2) is 36.8 Å². The average molecular weight is 247 g/mol. The number of carbonyl (C=O) groups excluding carboxylic acids is 1. The summed E-state index contributed by atoms with van der Waals surface area (Å²) in [7, 11) is -3.48. The summed E-state index contributed by atoms with van der Waals surface area (Å²) in [5.74, 6) is -0.601. The van der Waals surface area contributed by atoms with Gasteiger partial charge >= 0.3 is 0 Å². The molecule has 0 unspecified atom stereocenters. The maximum Gasteiger partial charge on any atom is 0.271 e. The van der Waals surface area contributed by atoms with Crippen LogP contribution in [0.5, 0.6) is 0 Å². The van der Waals surface area contributed by atoms with E-state index in [-0.39, 0.29) is 30.1 Å². The van der Waals surface area contributed by atoms with Crippen LogP contribution in [0.15, 0.2) is 6.20 Å². The summed E-state index contributed by atoms with van der Waals surface area (Å²) in [5, 5.41) is 13.3. The van der Waals surface area contributed by atoms with E-state index < -0.39 is 15.9 Å². The second kappa shape index (κ2) is 4.94. The molecule has 1 heterocycles. The third-order valence-electron chi connectivity index (χ3n) is 1.79. The molecule has 0 atom stereocenters. The second-order valence-electron chi connectivity index (χ2n) is 3.18. The highest BCUT2D eigenvalue weighted by Crippen LogP contribution is 2.04. The number of carbonyl (C=O) groups is 1. The van der Waals surface area contributed by atoms with Crippen molar-refractivity contribution in [2.24, 2.45) is 5.14 Å². The number of nitrogens with zero attached hydrogens (tertiary/aromatic N) is 1. The van der Waals surface area contributed by atoms with E-state index in [2.05, 4.69) is 15.5 Å². The number of nitrogen functional groups attached to an aromatic ring is 1. The van der Waals surface area contributed by atoms with E-state index in [1.54, 1.807) is 0 Å². The molecule has 6 N–H and O–H groups in total. The van der Waals surface area contributed by atoms with Gasteiger partial charge in [0.2, 0.25) is 10.0 Å². The summed E-state index contributed by atoms with van der Waals surface area (Å²) in [4.78, 5) is 11.4. The number of aromatic nitrogens is 2. The number of rotatable bonds is 5. The number of hydrogen-bond donors (Lipinski definition) is 4. The third-order valence-corrected chi connectivity index (χ3v) is 2.64. The first kappa shape index (κ1) is 12.5.